The quantitative estimate of drug-likeness (QED) is 0.806. The molecule has 0 heterocycles. The number of ether oxygens (including phenoxy) is 1. The van der Waals surface area contributed by atoms with Gasteiger partial charge in [0.25, 0.3) is 0 Å². The van der Waals surface area contributed by atoms with Crippen molar-refractivity contribution in [3.8, 4) is 0 Å². The molecule has 0 aliphatic heterocycles. The molecule has 1 aromatic rings. The van der Waals surface area contributed by atoms with Gasteiger partial charge in [0, 0.05) is 0 Å². The van der Waals surface area contributed by atoms with Crippen molar-refractivity contribution in [1.29, 1.82) is 0 Å². The van der Waals surface area contributed by atoms with Crippen molar-refractivity contribution in [2.75, 3.05) is 6.61 Å². The van der Waals surface area contributed by atoms with E-state index >= 15 is 0 Å². The highest BCUT2D eigenvalue weighted by Gasteiger charge is 2.11. The van der Waals surface area contributed by atoms with Gasteiger partial charge in [0.05, 0.1) is 12.7 Å². The Balaban J connectivity index is 2.68. The maximum absolute atomic E-state index is 9.96. The predicted molar refractivity (Wildman–Crippen MR) is 61.9 cm³/mol. The molecule has 0 fully saturated rings. The van der Waals surface area contributed by atoms with Crippen LogP contribution in [0.1, 0.15) is 38.0 Å². The van der Waals surface area contributed by atoms with Crippen LogP contribution >= 0.6 is 0 Å². The third-order valence-corrected chi connectivity index (χ3v) is 2.38. The van der Waals surface area contributed by atoms with E-state index < -0.39 is 6.10 Å². The molecule has 84 valence electrons. The summed E-state index contributed by atoms with van der Waals surface area (Å²) in [5, 5.41) is 9.96. The van der Waals surface area contributed by atoms with Crippen LogP contribution in [0.4, 0.5) is 0 Å². The van der Waals surface area contributed by atoms with Gasteiger partial charge in [-0.2, -0.15) is 0 Å². The van der Waals surface area contributed by atoms with E-state index in [-0.39, 0.29) is 6.10 Å². The third-order valence-electron chi connectivity index (χ3n) is 2.38. The Bertz CT molecular complexity index is 294. The molecule has 2 nitrogen and oxygen atoms in total. The summed E-state index contributed by atoms with van der Waals surface area (Å²) in [6.07, 6.45) is 0.589. The van der Waals surface area contributed by atoms with Gasteiger partial charge in [-0.05, 0) is 31.4 Å². The van der Waals surface area contributed by atoms with Crippen LogP contribution in [0.25, 0.3) is 0 Å². The number of hydrogen-bond acceptors (Lipinski definition) is 2. The summed E-state index contributed by atoms with van der Waals surface area (Å²) in [6.45, 7) is 6.40. The molecular formula is C13H20O2. The molecule has 0 bridgehead atoms. The fourth-order valence-corrected chi connectivity index (χ4v) is 1.55. The zero-order chi connectivity index (χ0) is 11.3. The lowest BCUT2D eigenvalue weighted by Crippen LogP contribution is -2.13. The molecule has 0 saturated heterocycles. The van der Waals surface area contributed by atoms with E-state index in [1.165, 1.54) is 5.56 Å². The number of benzene rings is 1. The molecule has 0 aliphatic rings. The van der Waals surface area contributed by atoms with Crippen LogP contribution in [0.2, 0.25) is 0 Å². The van der Waals surface area contributed by atoms with Gasteiger partial charge in [-0.15, -0.1) is 0 Å². The van der Waals surface area contributed by atoms with Gasteiger partial charge in [0.15, 0.2) is 0 Å². The standard InChI is InChI=1S/C13H20O2/c1-4-11-7-5-6-8-12(11)13(14)9-15-10(2)3/h5-8,10,13-14H,4,9H2,1-3H3. The molecule has 1 rings (SSSR count). The fraction of sp³-hybridized carbons (Fsp3) is 0.538. The van der Waals surface area contributed by atoms with E-state index in [4.69, 9.17) is 4.74 Å². The molecular weight excluding hydrogens is 188 g/mol. The van der Waals surface area contributed by atoms with E-state index in [9.17, 15) is 5.11 Å². The smallest absolute Gasteiger partial charge is 0.103 e. The third kappa shape index (κ3) is 3.65. The molecule has 0 aliphatic carbocycles. The summed E-state index contributed by atoms with van der Waals surface area (Å²) in [4.78, 5) is 0. The molecule has 1 atom stereocenters. The minimum atomic E-state index is -0.511. The van der Waals surface area contributed by atoms with Crippen LogP contribution < -0.4 is 0 Å². The van der Waals surface area contributed by atoms with E-state index in [1.807, 2.05) is 38.1 Å². The maximum Gasteiger partial charge on any atom is 0.103 e. The summed E-state index contributed by atoms with van der Waals surface area (Å²) in [6, 6.07) is 7.96. The zero-order valence-electron chi connectivity index (χ0n) is 9.73. The van der Waals surface area contributed by atoms with Gasteiger partial charge >= 0.3 is 0 Å². The largest absolute Gasteiger partial charge is 0.386 e. The van der Waals surface area contributed by atoms with Crippen molar-refractivity contribution in [2.45, 2.75) is 39.4 Å². The minimum Gasteiger partial charge on any atom is -0.386 e. The van der Waals surface area contributed by atoms with Crippen molar-refractivity contribution in [2.24, 2.45) is 0 Å². The molecule has 0 amide bonds. The average molecular weight is 208 g/mol. The number of aliphatic hydroxyl groups is 1. The number of aliphatic hydroxyl groups excluding tert-OH is 1. The van der Waals surface area contributed by atoms with E-state index in [0.29, 0.717) is 6.61 Å². The second-order valence-corrected chi connectivity index (χ2v) is 3.95. The summed E-state index contributed by atoms with van der Waals surface area (Å²) in [7, 11) is 0. The Morgan fingerprint density at radius 2 is 1.93 bits per heavy atom. The van der Waals surface area contributed by atoms with E-state index in [0.717, 1.165) is 12.0 Å². The number of hydrogen-bond donors (Lipinski definition) is 1. The Kier molecular flexibility index (Phi) is 4.79. The average Bonchev–Trinajstić information content (AvgIpc) is 2.25. The van der Waals surface area contributed by atoms with Crippen molar-refractivity contribution >= 4 is 0 Å². The Morgan fingerprint density at radius 1 is 1.27 bits per heavy atom. The molecule has 2 heteroatoms. The van der Waals surface area contributed by atoms with Crippen LogP contribution in [0.5, 0.6) is 0 Å². The topological polar surface area (TPSA) is 29.5 Å². The van der Waals surface area contributed by atoms with Crippen molar-refractivity contribution in [1.82, 2.24) is 0 Å². The van der Waals surface area contributed by atoms with Gasteiger partial charge in [-0.25, -0.2) is 0 Å². The van der Waals surface area contributed by atoms with E-state index in [2.05, 4.69) is 6.92 Å². The highest BCUT2D eigenvalue weighted by molar-refractivity contribution is 5.28. The van der Waals surface area contributed by atoms with Gasteiger partial charge in [-0.3, -0.25) is 0 Å². The zero-order valence-corrected chi connectivity index (χ0v) is 9.73. The normalized spacial score (nSPS) is 13.1. The molecule has 15 heavy (non-hydrogen) atoms. The summed E-state index contributed by atoms with van der Waals surface area (Å²) in [5.41, 5.74) is 2.18. The number of aryl methyl sites for hydroxylation is 1. The summed E-state index contributed by atoms with van der Waals surface area (Å²) < 4.78 is 5.41. The van der Waals surface area contributed by atoms with Gasteiger partial charge < -0.3 is 9.84 Å². The lowest BCUT2D eigenvalue weighted by Gasteiger charge is -2.16. The molecule has 0 aromatic heterocycles. The molecule has 0 saturated carbocycles. The molecule has 1 unspecified atom stereocenters. The highest BCUT2D eigenvalue weighted by atomic mass is 16.5. The Hall–Kier alpha value is -0.860. The molecule has 0 spiro atoms. The lowest BCUT2D eigenvalue weighted by molar-refractivity contribution is 0.00462. The van der Waals surface area contributed by atoms with Crippen molar-refractivity contribution in [3.05, 3.63) is 35.4 Å². The second kappa shape index (κ2) is 5.89. The predicted octanol–water partition coefficient (Wildman–Crippen LogP) is 2.71. The van der Waals surface area contributed by atoms with Crippen molar-refractivity contribution < 1.29 is 9.84 Å². The SMILES string of the molecule is CCc1ccccc1C(O)COC(C)C. The maximum atomic E-state index is 9.96. The molecule has 1 aromatic carbocycles. The highest BCUT2D eigenvalue weighted by Crippen LogP contribution is 2.19. The Morgan fingerprint density at radius 3 is 2.53 bits per heavy atom. The first-order chi connectivity index (χ1) is 7.15. The van der Waals surface area contributed by atoms with Gasteiger partial charge in [0.2, 0.25) is 0 Å². The molecule has 0 radical (unpaired) electrons. The molecule has 1 N–H and O–H groups in total. The van der Waals surface area contributed by atoms with Crippen LogP contribution in [-0.2, 0) is 11.2 Å². The first kappa shape index (κ1) is 12.2. The van der Waals surface area contributed by atoms with Crippen LogP contribution in [0.15, 0.2) is 24.3 Å². The van der Waals surface area contributed by atoms with Crippen LogP contribution in [0, 0.1) is 0 Å². The lowest BCUT2D eigenvalue weighted by atomic mass is 10.0. The van der Waals surface area contributed by atoms with E-state index in [1.54, 1.807) is 0 Å². The summed E-state index contributed by atoms with van der Waals surface area (Å²) >= 11 is 0. The number of rotatable bonds is 5. The Labute approximate surface area is 91.9 Å². The first-order valence-electron chi connectivity index (χ1n) is 5.52. The monoisotopic (exact) mass is 208 g/mol. The van der Waals surface area contributed by atoms with Crippen molar-refractivity contribution in [3.63, 3.8) is 0 Å². The van der Waals surface area contributed by atoms with Crippen LogP contribution in [0.3, 0.4) is 0 Å². The fourth-order valence-electron chi connectivity index (χ4n) is 1.55. The van der Waals surface area contributed by atoms with Gasteiger partial charge in [0.1, 0.15) is 6.10 Å². The second-order valence-electron chi connectivity index (χ2n) is 3.95. The first-order valence-corrected chi connectivity index (χ1v) is 5.52. The van der Waals surface area contributed by atoms with Gasteiger partial charge in [-0.1, -0.05) is 31.2 Å². The summed E-state index contributed by atoms with van der Waals surface area (Å²) in [5.74, 6) is 0. The van der Waals surface area contributed by atoms with Crippen LogP contribution in [-0.4, -0.2) is 17.8 Å². The minimum absolute atomic E-state index is 0.161.